The average Bonchev–Trinajstić information content (AvgIpc) is 3.12. The second-order valence-electron chi connectivity index (χ2n) is 6.93. The van der Waals surface area contributed by atoms with Crippen molar-refractivity contribution in [3.05, 3.63) is 22.4 Å². The third-order valence-electron chi connectivity index (χ3n) is 5.45. The molecule has 0 unspecified atom stereocenters. The van der Waals surface area contributed by atoms with Gasteiger partial charge in [0.05, 0.1) is 12.0 Å². The number of hydrogen-bond donors (Lipinski definition) is 1. The lowest BCUT2D eigenvalue weighted by Gasteiger charge is -2.40. The van der Waals surface area contributed by atoms with Gasteiger partial charge < -0.3 is 10.1 Å². The summed E-state index contributed by atoms with van der Waals surface area (Å²) in [7, 11) is 0. The molecule has 1 saturated carbocycles. The third kappa shape index (κ3) is 2.94. The van der Waals surface area contributed by atoms with Crippen LogP contribution in [0.15, 0.2) is 16.8 Å². The Bertz CT molecular complexity index is 515. The molecular weight excluding hydrogens is 296 g/mol. The molecule has 4 nitrogen and oxygen atoms in total. The van der Waals surface area contributed by atoms with E-state index in [1.807, 2.05) is 0 Å². The number of piperidine rings is 1. The van der Waals surface area contributed by atoms with Crippen molar-refractivity contribution in [1.29, 1.82) is 0 Å². The van der Waals surface area contributed by atoms with E-state index < -0.39 is 0 Å². The summed E-state index contributed by atoms with van der Waals surface area (Å²) in [6.45, 7) is 3.59. The SMILES string of the molecule is O=C(NC1CCC1)[C@@H]1CN(Cc2ccsc2)C[C@@H]2OCC[C@@H]21. The van der Waals surface area contributed by atoms with Crippen LogP contribution in [0.2, 0.25) is 0 Å². The molecule has 3 aliphatic rings. The van der Waals surface area contributed by atoms with Gasteiger partial charge in [-0.2, -0.15) is 11.3 Å². The van der Waals surface area contributed by atoms with E-state index in [4.69, 9.17) is 4.74 Å². The molecule has 0 spiro atoms. The minimum absolute atomic E-state index is 0.0977. The van der Waals surface area contributed by atoms with E-state index in [0.29, 0.717) is 12.0 Å². The lowest BCUT2D eigenvalue weighted by Crippen LogP contribution is -2.54. The Balaban J connectivity index is 1.44. The van der Waals surface area contributed by atoms with Gasteiger partial charge in [-0.05, 0) is 48.1 Å². The van der Waals surface area contributed by atoms with Crippen LogP contribution < -0.4 is 5.32 Å². The highest BCUT2D eigenvalue weighted by Gasteiger charge is 2.44. The van der Waals surface area contributed by atoms with Crippen molar-refractivity contribution >= 4 is 17.2 Å². The van der Waals surface area contributed by atoms with Gasteiger partial charge in [0.25, 0.3) is 0 Å². The molecule has 3 fully saturated rings. The van der Waals surface area contributed by atoms with Crippen molar-refractivity contribution < 1.29 is 9.53 Å². The number of fused-ring (bicyclic) bond motifs is 1. The molecule has 1 aromatic heterocycles. The fraction of sp³-hybridized carbons (Fsp3) is 0.706. The topological polar surface area (TPSA) is 41.6 Å². The Hall–Kier alpha value is -0.910. The summed E-state index contributed by atoms with van der Waals surface area (Å²) in [6.07, 6.45) is 4.85. The molecule has 120 valence electrons. The zero-order chi connectivity index (χ0) is 14.9. The standard InChI is InChI=1S/C17H24N2O2S/c20-17(18-13-2-1-3-13)15-9-19(8-12-5-7-22-11-12)10-16-14(15)4-6-21-16/h5,7,11,13-16H,1-4,6,8-10H2,(H,18,20)/t14-,15-,16+/m1/s1. The summed E-state index contributed by atoms with van der Waals surface area (Å²) in [4.78, 5) is 15.1. The van der Waals surface area contributed by atoms with Gasteiger partial charge in [-0.25, -0.2) is 0 Å². The van der Waals surface area contributed by atoms with Crippen LogP contribution in [0.4, 0.5) is 0 Å². The summed E-state index contributed by atoms with van der Waals surface area (Å²) in [5.74, 6) is 0.777. The molecule has 2 saturated heterocycles. The summed E-state index contributed by atoms with van der Waals surface area (Å²) in [6, 6.07) is 2.61. The fourth-order valence-corrected chi connectivity index (χ4v) is 4.62. The number of likely N-dealkylation sites (tertiary alicyclic amines) is 1. The van der Waals surface area contributed by atoms with Crippen LogP contribution in [-0.2, 0) is 16.1 Å². The van der Waals surface area contributed by atoms with Crippen LogP contribution in [-0.4, -0.2) is 42.6 Å². The Morgan fingerprint density at radius 2 is 2.27 bits per heavy atom. The quantitative estimate of drug-likeness (QED) is 0.925. The fourth-order valence-electron chi connectivity index (χ4n) is 3.96. The van der Waals surface area contributed by atoms with E-state index in [1.54, 1.807) is 11.3 Å². The van der Waals surface area contributed by atoms with E-state index in [1.165, 1.54) is 12.0 Å². The van der Waals surface area contributed by atoms with Gasteiger partial charge in [-0.1, -0.05) is 0 Å². The normalized spacial score (nSPS) is 32.5. The number of nitrogens with one attached hydrogen (secondary N) is 1. The summed E-state index contributed by atoms with van der Waals surface area (Å²) in [5, 5.41) is 7.58. The Kier molecular flexibility index (Phi) is 4.20. The van der Waals surface area contributed by atoms with Crippen LogP contribution in [0, 0.1) is 11.8 Å². The zero-order valence-electron chi connectivity index (χ0n) is 12.9. The summed E-state index contributed by atoms with van der Waals surface area (Å²) < 4.78 is 5.91. The number of thiophene rings is 1. The summed E-state index contributed by atoms with van der Waals surface area (Å²) in [5.41, 5.74) is 1.35. The van der Waals surface area contributed by atoms with Crippen molar-refractivity contribution in [2.24, 2.45) is 11.8 Å². The summed E-state index contributed by atoms with van der Waals surface area (Å²) >= 11 is 1.74. The van der Waals surface area contributed by atoms with Gasteiger partial charge in [0.2, 0.25) is 5.91 Å². The first-order chi connectivity index (χ1) is 10.8. The van der Waals surface area contributed by atoms with Gasteiger partial charge in [0.15, 0.2) is 0 Å². The maximum atomic E-state index is 12.7. The first kappa shape index (κ1) is 14.7. The van der Waals surface area contributed by atoms with Gasteiger partial charge in [0, 0.05) is 38.2 Å². The number of hydrogen-bond acceptors (Lipinski definition) is 4. The minimum atomic E-state index is 0.0977. The van der Waals surface area contributed by atoms with Crippen molar-refractivity contribution in [1.82, 2.24) is 10.2 Å². The van der Waals surface area contributed by atoms with Crippen molar-refractivity contribution in [3.63, 3.8) is 0 Å². The number of carbonyl (C=O) groups excluding carboxylic acids is 1. The number of amides is 1. The Morgan fingerprint density at radius 1 is 1.36 bits per heavy atom. The van der Waals surface area contributed by atoms with Crippen LogP contribution in [0.25, 0.3) is 0 Å². The first-order valence-corrected chi connectivity index (χ1v) is 9.39. The zero-order valence-corrected chi connectivity index (χ0v) is 13.7. The molecule has 1 aromatic rings. The van der Waals surface area contributed by atoms with Crippen molar-refractivity contribution in [2.75, 3.05) is 19.7 Å². The third-order valence-corrected chi connectivity index (χ3v) is 6.18. The predicted octanol–water partition coefficient (Wildman–Crippen LogP) is 2.25. The number of ether oxygens (including phenoxy) is 1. The second kappa shape index (κ2) is 6.30. The predicted molar refractivity (Wildman–Crippen MR) is 86.7 cm³/mol. The minimum Gasteiger partial charge on any atom is -0.377 e. The largest absolute Gasteiger partial charge is 0.377 e. The smallest absolute Gasteiger partial charge is 0.225 e. The lowest BCUT2D eigenvalue weighted by atomic mass is 9.81. The number of carbonyl (C=O) groups is 1. The molecule has 3 heterocycles. The number of nitrogens with zero attached hydrogens (tertiary/aromatic N) is 1. The molecule has 3 atom stereocenters. The maximum absolute atomic E-state index is 12.7. The molecule has 0 aromatic carbocycles. The van der Waals surface area contributed by atoms with Gasteiger partial charge in [0.1, 0.15) is 0 Å². The molecule has 1 N–H and O–H groups in total. The molecule has 1 amide bonds. The van der Waals surface area contributed by atoms with Crippen LogP contribution in [0.5, 0.6) is 0 Å². The monoisotopic (exact) mass is 320 g/mol. The molecule has 5 heteroatoms. The van der Waals surface area contributed by atoms with Crippen molar-refractivity contribution in [2.45, 2.75) is 44.4 Å². The maximum Gasteiger partial charge on any atom is 0.225 e. The molecular formula is C17H24N2O2S. The molecule has 0 radical (unpaired) electrons. The Labute approximate surface area is 135 Å². The van der Waals surface area contributed by atoms with E-state index >= 15 is 0 Å². The average molecular weight is 320 g/mol. The van der Waals surface area contributed by atoms with Gasteiger partial charge in [-0.15, -0.1) is 0 Å². The van der Waals surface area contributed by atoms with Crippen LogP contribution in [0.3, 0.4) is 0 Å². The Morgan fingerprint density at radius 3 is 3.00 bits per heavy atom. The molecule has 2 aliphatic heterocycles. The van der Waals surface area contributed by atoms with E-state index in [9.17, 15) is 4.79 Å². The number of rotatable bonds is 4. The van der Waals surface area contributed by atoms with Gasteiger partial charge in [-0.3, -0.25) is 9.69 Å². The van der Waals surface area contributed by atoms with E-state index in [0.717, 1.165) is 45.5 Å². The highest BCUT2D eigenvalue weighted by Crippen LogP contribution is 2.35. The molecule has 0 bridgehead atoms. The van der Waals surface area contributed by atoms with Gasteiger partial charge >= 0.3 is 0 Å². The highest BCUT2D eigenvalue weighted by molar-refractivity contribution is 7.07. The van der Waals surface area contributed by atoms with E-state index in [-0.39, 0.29) is 17.9 Å². The molecule has 22 heavy (non-hydrogen) atoms. The first-order valence-electron chi connectivity index (χ1n) is 8.45. The van der Waals surface area contributed by atoms with Crippen LogP contribution in [0.1, 0.15) is 31.2 Å². The molecule has 4 rings (SSSR count). The molecule has 1 aliphatic carbocycles. The second-order valence-corrected chi connectivity index (χ2v) is 7.71. The lowest BCUT2D eigenvalue weighted by molar-refractivity contribution is -0.132. The highest BCUT2D eigenvalue weighted by atomic mass is 32.1. The van der Waals surface area contributed by atoms with E-state index in [2.05, 4.69) is 27.0 Å². The van der Waals surface area contributed by atoms with Crippen LogP contribution >= 0.6 is 11.3 Å². The van der Waals surface area contributed by atoms with Crippen molar-refractivity contribution in [3.8, 4) is 0 Å².